The summed E-state index contributed by atoms with van der Waals surface area (Å²) in [5.74, 6) is -0.875. The van der Waals surface area contributed by atoms with Crippen LogP contribution in [0.1, 0.15) is 20.3 Å². The number of carbonyl (C=O) groups excluding carboxylic acids is 1. The van der Waals surface area contributed by atoms with Gasteiger partial charge in [0.1, 0.15) is 22.0 Å². The number of fused-ring (bicyclic) bond motifs is 1. The van der Waals surface area contributed by atoms with Crippen LogP contribution in [0.5, 0.6) is 5.75 Å². The number of benzene rings is 4. The molecule has 0 aliphatic heterocycles. The van der Waals surface area contributed by atoms with Gasteiger partial charge < -0.3 is 25.0 Å². The van der Waals surface area contributed by atoms with E-state index in [1.165, 1.54) is 37.4 Å². The number of nitrogen functional groups attached to an aromatic ring is 1. The highest BCUT2D eigenvalue weighted by Crippen LogP contribution is 2.41. The lowest BCUT2D eigenvalue weighted by atomic mass is 10.1. The summed E-state index contributed by atoms with van der Waals surface area (Å²) in [5, 5.41) is 22.1. The first-order chi connectivity index (χ1) is 24.5. The number of para-hydroxylation sites is 1. The summed E-state index contributed by atoms with van der Waals surface area (Å²) < 4.78 is 74.4. The summed E-state index contributed by atoms with van der Waals surface area (Å²) in [6, 6.07) is 18.2. The van der Waals surface area contributed by atoms with Crippen LogP contribution in [0.15, 0.2) is 92.8 Å². The molecule has 0 heterocycles. The number of aromatic hydroxyl groups is 1. The molecule has 0 saturated heterocycles. The quantitative estimate of drug-likeness (QED) is 0.0422. The number of azo groups is 1. The average Bonchev–Trinajstić information content (AvgIpc) is 3.08. The second-order valence-corrected chi connectivity index (χ2v) is 18.8. The van der Waals surface area contributed by atoms with Gasteiger partial charge in [0.2, 0.25) is 5.91 Å². The van der Waals surface area contributed by atoms with Crippen molar-refractivity contribution in [1.82, 2.24) is 4.90 Å². The third kappa shape index (κ3) is 9.91. The molecule has 5 N–H and O–H groups in total. The molecule has 15 nitrogen and oxygen atoms in total. The van der Waals surface area contributed by atoms with E-state index in [1.54, 1.807) is 37.4 Å². The van der Waals surface area contributed by atoms with Crippen molar-refractivity contribution in [1.29, 1.82) is 0 Å². The fraction of sp³-hybridized carbons (Fsp3) is 0.324. The van der Waals surface area contributed by atoms with Crippen molar-refractivity contribution < 1.29 is 40.1 Å². The number of phenols is 1. The SMILES string of the molecule is CCO[Si](C)(CCCN(C)CC(=O)Nc1ccc(/N=N/c2c(N)ccc3cc(S(=O)(=O)N(C)c4ccccc4)cc(O)c23)c(S(=O)(=O)O)c1)OCC. The lowest BCUT2D eigenvalue weighted by molar-refractivity contribution is -0.117. The predicted molar refractivity (Wildman–Crippen MR) is 203 cm³/mol. The van der Waals surface area contributed by atoms with Crippen molar-refractivity contribution in [3.63, 3.8) is 0 Å². The highest BCUT2D eigenvalue weighted by molar-refractivity contribution is 7.92. The van der Waals surface area contributed by atoms with Crippen LogP contribution in [0, 0.1) is 0 Å². The molecule has 4 aromatic rings. The molecule has 0 atom stereocenters. The molecule has 52 heavy (non-hydrogen) atoms. The van der Waals surface area contributed by atoms with E-state index in [9.17, 15) is 31.3 Å². The molecule has 0 unspecified atom stereocenters. The molecule has 280 valence electrons. The molecule has 0 aliphatic rings. The summed E-state index contributed by atoms with van der Waals surface area (Å²) in [7, 11) is -8.05. The smallest absolute Gasteiger partial charge is 0.334 e. The number of likely N-dealkylation sites (N-methyl/N-ethyl adjacent to an activating group) is 1. The first kappa shape index (κ1) is 40.3. The van der Waals surface area contributed by atoms with Gasteiger partial charge in [-0.1, -0.05) is 24.3 Å². The van der Waals surface area contributed by atoms with E-state index in [1.807, 2.05) is 25.3 Å². The Kier molecular flexibility index (Phi) is 13.1. The van der Waals surface area contributed by atoms with Crippen LogP contribution in [0.3, 0.4) is 0 Å². The molecule has 18 heteroatoms. The number of rotatable bonds is 17. The lowest BCUT2D eigenvalue weighted by Crippen LogP contribution is -2.39. The van der Waals surface area contributed by atoms with Gasteiger partial charge in [0.25, 0.3) is 20.1 Å². The third-order valence-electron chi connectivity index (χ3n) is 8.12. The fourth-order valence-corrected chi connectivity index (χ4v) is 9.88. The Morgan fingerprint density at radius 3 is 2.25 bits per heavy atom. The van der Waals surface area contributed by atoms with Crippen LogP contribution in [0.4, 0.5) is 28.4 Å². The minimum absolute atomic E-state index is 0.0135. The maximum Gasteiger partial charge on any atom is 0.334 e. The van der Waals surface area contributed by atoms with Gasteiger partial charge in [-0.15, -0.1) is 10.2 Å². The van der Waals surface area contributed by atoms with Crippen molar-refractivity contribution in [2.75, 3.05) is 55.8 Å². The van der Waals surface area contributed by atoms with E-state index in [2.05, 4.69) is 15.5 Å². The largest absolute Gasteiger partial charge is 0.507 e. The number of nitrogens with two attached hydrogens (primary N) is 1. The predicted octanol–water partition coefficient (Wildman–Crippen LogP) is 6.02. The second kappa shape index (κ2) is 16.9. The van der Waals surface area contributed by atoms with E-state index in [0.29, 0.717) is 25.4 Å². The molecule has 0 bridgehead atoms. The van der Waals surface area contributed by atoms with Gasteiger partial charge in [-0.25, -0.2) is 8.42 Å². The Labute approximate surface area is 305 Å². The molecular formula is C34H44N6O9S2Si. The zero-order chi connectivity index (χ0) is 38.3. The van der Waals surface area contributed by atoms with Gasteiger partial charge in [0, 0.05) is 32.0 Å². The Balaban J connectivity index is 1.55. The summed E-state index contributed by atoms with van der Waals surface area (Å²) in [4.78, 5) is 13.8. The molecule has 4 rings (SSSR count). The Morgan fingerprint density at radius 2 is 1.62 bits per heavy atom. The normalized spacial score (nSPS) is 12.5. The maximum absolute atomic E-state index is 13.4. The summed E-state index contributed by atoms with van der Waals surface area (Å²) in [6.07, 6.45) is 0.754. The zero-order valence-electron chi connectivity index (χ0n) is 29.6. The number of nitrogens with zero attached hydrogens (tertiary/aromatic N) is 4. The average molecular weight is 773 g/mol. The highest BCUT2D eigenvalue weighted by Gasteiger charge is 2.30. The third-order valence-corrected chi connectivity index (χ3v) is 13.8. The summed E-state index contributed by atoms with van der Waals surface area (Å²) in [5.41, 5.74) is 6.37. The molecule has 0 saturated carbocycles. The minimum Gasteiger partial charge on any atom is -0.507 e. The van der Waals surface area contributed by atoms with Crippen LogP contribution in [0.25, 0.3) is 10.8 Å². The van der Waals surface area contributed by atoms with Gasteiger partial charge in [-0.3, -0.25) is 18.6 Å². The van der Waals surface area contributed by atoms with Crippen molar-refractivity contribution in [3.8, 4) is 5.75 Å². The molecule has 0 aromatic heterocycles. The number of amides is 1. The maximum atomic E-state index is 13.4. The molecule has 0 spiro atoms. The van der Waals surface area contributed by atoms with E-state index >= 15 is 0 Å². The topological polar surface area (TPSA) is 214 Å². The number of hydrogen-bond acceptors (Lipinski definition) is 12. The van der Waals surface area contributed by atoms with E-state index in [4.69, 9.17) is 14.6 Å². The molecule has 0 aliphatic carbocycles. The first-order valence-electron chi connectivity index (χ1n) is 16.4. The number of carbonyl (C=O) groups is 1. The van der Waals surface area contributed by atoms with Crippen molar-refractivity contribution in [2.24, 2.45) is 10.2 Å². The van der Waals surface area contributed by atoms with Crippen LogP contribution >= 0.6 is 0 Å². The second-order valence-electron chi connectivity index (χ2n) is 12.1. The van der Waals surface area contributed by atoms with Crippen LogP contribution in [0.2, 0.25) is 12.6 Å². The number of sulfonamides is 1. The van der Waals surface area contributed by atoms with Gasteiger partial charge in [-0.05, 0) is 94.3 Å². The molecule has 0 radical (unpaired) electrons. The summed E-state index contributed by atoms with van der Waals surface area (Å²) in [6.45, 7) is 7.61. The lowest BCUT2D eigenvalue weighted by Gasteiger charge is -2.26. The Morgan fingerprint density at radius 1 is 0.942 bits per heavy atom. The van der Waals surface area contributed by atoms with Gasteiger partial charge in [0.05, 0.1) is 28.2 Å². The zero-order valence-corrected chi connectivity index (χ0v) is 32.2. The Bertz CT molecular complexity index is 2150. The van der Waals surface area contributed by atoms with Gasteiger partial charge >= 0.3 is 8.56 Å². The number of phenolic OH excluding ortho intramolecular Hbond substituents is 1. The van der Waals surface area contributed by atoms with Crippen molar-refractivity contribution in [3.05, 3.63) is 72.8 Å². The van der Waals surface area contributed by atoms with E-state index in [-0.39, 0.29) is 45.0 Å². The van der Waals surface area contributed by atoms with Crippen molar-refractivity contribution >= 4 is 73.8 Å². The molecule has 1 amide bonds. The standard InChI is InChI=1S/C34H44N6O9S2Si/c1-6-48-52(5,49-7-2)19-11-18-39(3)23-32(42)36-25-15-17-29(31(21-25)51(45,46)47)37-38-34-28(35)16-14-24-20-27(22-30(41)33(24)34)50(43,44)40(4)26-12-9-8-10-13-26/h8-10,12-17,20-22,41H,6-7,11,18-19,23,35H2,1-5H3,(H,36,42)(H,45,46,47)/b38-37+. The molecular weight excluding hydrogens is 729 g/mol. The van der Waals surface area contributed by atoms with Gasteiger partial charge in [0.15, 0.2) is 0 Å². The van der Waals surface area contributed by atoms with Crippen LogP contribution < -0.4 is 15.4 Å². The minimum atomic E-state index is -4.86. The first-order valence-corrected chi connectivity index (χ1v) is 21.8. The number of nitrogens with one attached hydrogen (secondary N) is 1. The van der Waals surface area contributed by atoms with E-state index in [0.717, 1.165) is 28.9 Å². The highest BCUT2D eigenvalue weighted by atomic mass is 32.2. The number of hydrogen-bond donors (Lipinski definition) is 4. The summed E-state index contributed by atoms with van der Waals surface area (Å²) >= 11 is 0. The molecule has 4 aromatic carbocycles. The van der Waals surface area contributed by atoms with Crippen LogP contribution in [-0.2, 0) is 33.8 Å². The van der Waals surface area contributed by atoms with Crippen molar-refractivity contribution in [2.45, 2.75) is 42.7 Å². The van der Waals surface area contributed by atoms with E-state index < -0.39 is 45.3 Å². The monoisotopic (exact) mass is 772 g/mol. The van der Waals surface area contributed by atoms with Gasteiger partial charge in [-0.2, -0.15) is 8.42 Å². The van der Waals surface area contributed by atoms with Crippen LogP contribution in [-0.4, -0.2) is 86.3 Å². The fourth-order valence-electron chi connectivity index (χ4n) is 5.58. The number of anilines is 3. The Hall–Kier alpha value is -4.43. The molecule has 0 fully saturated rings.